The number of likely N-dealkylation sites (tertiary alicyclic amines) is 1. The maximum Gasteiger partial charge on any atom is 0.250 e. The minimum Gasteiger partial charge on any atom is -0.312 e. The Bertz CT molecular complexity index is 383. The van der Waals surface area contributed by atoms with Crippen LogP contribution in [0.4, 0.5) is 4.39 Å². The standard InChI is InChI=1S/C12H17FN2O/c13-6-10-14-8-4-11(5-9-14)15-7-2-1-3-12(15)16/h1-3,7,11H,4-6,8-10H2. The summed E-state index contributed by atoms with van der Waals surface area (Å²) in [7, 11) is 0. The average molecular weight is 224 g/mol. The van der Waals surface area contributed by atoms with E-state index in [4.69, 9.17) is 0 Å². The van der Waals surface area contributed by atoms with Gasteiger partial charge in [-0.3, -0.25) is 4.79 Å². The second-order valence-corrected chi connectivity index (χ2v) is 4.21. The van der Waals surface area contributed by atoms with Crippen LogP contribution in [0.3, 0.4) is 0 Å². The molecule has 0 aliphatic carbocycles. The minimum absolute atomic E-state index is 0.0615. The van der Waals surface area contributed by atoms with E-state index in [-0.39, 0.29) is 18.3 Å². The van der Waals surface area contributed by atoms with Crippen LogP contribution >= 0.6 is 0 Å². The number of hydrogen-bond donors (Lipinski definition) is 0. The number of aromatic nitrogens is 1. The molecule has 1 aromatic rings. The minimum atomic E-state index is -0.282. The first-order valence-corrected chi connectivity index (χ1v) is 5.77. The topological polar surface area (TPSA) is 25.2 Å². The predicted octanol–water partition coefficient (Wildman–Crippen LogP) is 1.45. The Hall–Kier alpha value is -1.16. The third-order valence-corrected chi connectivity index (χ3v) is 3.20. The van der Waals surface area contributed by atoms with Gasteiger partial charge in [-0.2, -0.15) is 0 Å². The van der Waals surface area contributed by atoms with Crippen molar-refractivity contribution in [3.8, 4) is 0 Å². The summed E-state index contributed by atoms with van der Waals surface area (Å²) >= 11 is 0. The van der Waals surface area contributed by atoms with E-state index >= 15 is 0 Å². The summed E-state index contributed by atoms with van der Waals surface area (Å²) in [5.74, 6) is 0. The first-order valence-electron chi connectivity index (χ1n) is 5.77. The van der Waals surface area contributed by atoms with Crippen molar-refractivity contribution in [3.05, 3.63) is 34.7 Å². The Kier molecular flexibility index (Phi) is 3.72. The second kappa shape index (κ2) is 5.25. The third-order valence-electron chi connectivity index (χ3n) is 3.20. The van der Waals surface area contributed by atoms with Gasteiger partial charge in [0.05, 0.1) is 0 Å². The quantitative estimate of drug-likeness (QED) is 0.776. The highest BCUT2D eigenvalue weighted by atomic mass is 19.1. The molecule has 3 nitrogen and oxygen atoms in total. The lowest BCUT2D eigenvalue weighted by atomic mass is 10.0. The van der Waals surface area contributed by atoms with Gasteiger partial charge in [0.2, 0.25) is 0 Å². The molecule has 0 N–H and O–H groups in total. The molecule has 0 amide bonds. The maximum atomic E-state index is 12.2. The van der Waals surface area contributed by atoms with E-state index in [2.05, 4.69) is 4.90 Å². The van der Waals surface area contributed by atoms with Gasteiger partial charge in [-0.1, -0.05) is 6.07 Å². The molecule has 1 aromatic heterocycles. The molecule has 1 aliphatic rings. The van der Waals surface area contributed by atoms with Gasteiger partial charge in [0.1, 0.15) is 6.67 Å². The fraction of sp³-hybridized carbons (Fsp3) is 0.583. The SMILES string of the molecule is O=c1ccccn1C1CCN(CCF)CC1. The van der Waals surface area contributed by atoms with Gasteiger partial charge in [0.15, 0.2) is 0 Å². The maximum absolute atomic E-state index is 12.2. The first kappa shape index (κ1) is 11.3. The molecule has 2 rings (SSSR count). The highest BCUT2D eigenvalue weighted by Crippen LogP contribution is 2.20. The number of halogens is 1. The highest BCUT2D eigenvalue weighted by Gasteiger charge is 2.20. The molecule has 88 valence electrons. The van der Waals surface area contributed by atoms with Crippen molar-refractivity contribution in [1.29, 1.82) is 0 Å². The molecule has 0 spiro atoms. The van der Waals surface area contributed by atoms with Crippen LogP contribution in [0, 0.1) is 0 Å². The number of nitrogens with zero attached hydrogens (tertiary/aromatic N) is 2. The summed E-state index contributed by atoms with van der Waals surface area (Å²) in [6.45, 7) is 2.01. The van der Waals surface area contributed by atoms with Crippen molar-refractivity contribution in [2.24, 2.45) is 0 Å². The summed E-state index contributed by atoms with van der Waals surface area (Å²) in [6.07, 6.45) is 3.71. The summed E-state index contributed by atoms with van der Waals surface area (Å²) < 4.78 is 14.0. The number of hydrogen-bond acceptors (Lipinski definition) is 2. The lowest BCUT2D eigenvalue weighted by Crippen LogP contribution is -2.38. The highest BCUT2D eigenvalue weighted by molar-refractivity contribution is 4.96. The van der Waals surface area contributed by atoms with Gasteiger partial charge < -0.3 is 9.47 Å². The monoisotopic (exact) mass is 224 g/mol. The van der Waals surface area contributed by atoms with E-state index in [1.165, 1.54) is 0 Å². The third kappa shape index (κ3) is 2.50. The van der Waals surface area contributed by atoms with Gasteiger partial charge in [0.25, 0.3) is 5.56 Å². The van der Waals surface area contributed by atoms with Crippen LogP contribution < -0.4 is 5.56 Å². The zero-order valence-electron chi connectivity index (χ0n) is 9.31. The zero-order valence-corrected chi connectivity index (χ0v) is 9.31. The van der Waals surface area contributed by atoms with E-state index in [1.807, 2.05) is 12.3 Å². The molecule has 0 radical (unpaired) electrons. The summed E-state index contributed by atoms with van der Waals surface area (Å²) in [5.41, 5.74) is 0.0615. The smallest absolute Gasteiger partial charge is 0.250 e. The number of rotatable bonds is 3. The number of pyridine rings is 1. The number of alkyl halides is 1. The van der Waals surface area contributed by atoms with Crippen LogP contribution in [0.2, 0.25) is 0 Å². The lowest BCUT2D eigenvalue weighted by molar-refractivity contribution is 0.173. The van der Waals surface area contributed by atoms with Gasteiger partial charge in [0, 0.05) is 37.9 Å². The van der Waals surface area contributed by atoms with Crippen molar-refractivity contribution in [3.63, 3.8) is 0 Å². The lowest BCUT2D eigenvalue weighted by Gasteiger charge is -2.32. The first-order chi connectivity index (χ1) is 7.81. The Labute approximate surface area is 94.5 Å². The second-order valence-electron chi connectivity index (χ2n) is 4.21. The van der Waals surface area contributed by atoms with E-state index in [1.54, 1.807) is 16.7 Å². The van der Waals surface area contributed by atoms with Crippen LogP contribution in [0.15, 0.2) is 29.2 Å². The molecular weight excluding hydrogens is 207 g/mol. The molecule has 1 aliphatic heterocycles. The van der Waals surface area contributed by atoms with Crippen molar-refractivity contribution in [2.75, 3.05) is 26.3 Å². The molecule has 0 unspecified atom stereocenters. The van der Waals surface area contributed by atoms with E-state index in [0.717, 1.165) is 25.9 Å². The van der Waals surface area contributed by atoms with E-state index < -0.39 is 0 Å². The van der Waals surface area contributed by atoms with Crippen LogP contribution in [0.5, 0.6) is 0 Å². The zero-order chi connectivity index (χ0) is 11.4. The van der Waals surface area contributed by atoms with Crippen LogP contribution in [0.1, 0.15) is 18.9 Å². The van der Waals surface area contributed by atoms with E-state index in [9.17, 15) is 9.18 Å². The molecule has 0 bridgehead atoms. The summed E-state index contributed by atoms with van der Waals surface area (Å²) in [6, 6.07) is 5.52. The van der Waals surface area contributed by atoms with Gasteiger partial charge in [-0.25, -0.2) is 4.39 Å². The summed E-state index contributed by atoms with van der Waals surface area (Å²) in [4.78, 5) is 13.7. The number of piperidine rings is 1. The van der Waals surface area contributed by atoms with E-state index in [0.29, 0.717) is 6.54 Å². The Morgan fingerprint density at radius 3 is 2.69 bits per heavy atom. The van der Waals surface area contributed by atoms with Gasteiger partial charge in [-0.05, 0) is 18.9 Å². The van der Waals surface area contributed by atoms with Crippen LogP contribution in [-0.2, 0) is 0 Å². The molecule has 0 aromatic carbocycles. The molecule has 1 fully saturated rings. The molecule has 0 saturated carbocycles. The van der Waals surface area contributed by atoms with Crippen molar-refractivity contribution < 1.29 is 4.39 Å². The van der Waals surface area contributed by atoms with Gasteiger partial charge >= 0.3 is 0 Å². The fourth-order valence-electron chi connectivity index (χ4n) is 2.28. The largest absolute Gasteiger partial charge is 0.312 e. The Morgan fingerprint density at radius 2 is 2.06 bits per heavy atom. The molecular formula is C12H17FN2O. The molecule has 0 atom stereocenters. The molecule has 1 saturated heterocycles. The van der Waals surface area contributed by atoms with Crippen LogP contribution in [0.25, 0.3) is 0 Å². The molecule has 2 heterocycles. The van der Waals surface area contributed by atoms with Gasteiger partial charge in [-0.15, -0.1) is 0 Å². The Morgan fingerprint density at radius 1 is 1.31 bits per heavy atom. The van der Waals surface area contributed by atoms with Crippen LogP contribution in [-0.4, -0.2) is 35.8 Å². The molecule has 16 heavy (non-hydrogen) atoms. The molecule has 4 heteroatoms. The Balaban J connectivity index is 1.99. The fourth-order valence-corrected chi connectivity index (χ4v) is 2.28. The predicted molar refractivity (Wildman–Crippen MR) is 61.4 cm³/mol. The normalized spacial score (nSPS) is 18.8. The average Bonchev–Trinajstić information content (AvgIpc) is 2.31. The van der Waals surface area contributed by atoms with Crippen molar-refractivity contribution >= 4 is 0 Å². The summed E-state index contributed by atoms with van der Waals surface area (Å²) in [5, 5.41) is 0. The van der Waals surface area contributed by atoms with Crippen molar-refractivity contribution in [2.45, 2.75) is 18.9 Å². The van der Waals surface area contributed by atoms with Crippen molar-refractivity contribution in [1.82, 2.24) is 9.47 Å².